The summed E-state index contributed by atoms with van der Waals surface area (Å²) < 4.78 is 13.0. The molecule has 3 saturated heterocycles. The molecule has 34 heavy (non-hydrogen) atoms. The summed E-state index contributed by atoms with van der Waals surface area (Å²) in [5, 5.41) is 2.26. The number of imide groups is 1. The van der Waals surface area contributed by atoms with Gasteiger partial charge in [-0.1, -0.05) is 0 Å². The van der Waals surface area contributed by atoms with Gasteiger partial charge >= 0.3 is 6.09 Å². The first-order chi connectivity index (χ1) is 16.0. The number of carbonyl (C=O) groups is 4. The first-order valence-corrected chi connectivity index (χ1v) is 11.5. The summed E-state index contributed by atoms with van der Waals surface area (Å²) >= 11 is 0. The first kappa shape index (κ1) is 22.6. The Labute approximate surface area is 196 Å². The molecule has 182 valence electrons. The number of rotatable bonds is 2. The van der Waals surface area contributed by atoms with E-state index in [9.17, 15) is 24.0 Å². The van der Waals surface area contributed by atoms with E-state index in [1.54, 1.807) is 21.7 Å². The third-order valence-corrected chi connectivity index (χ3v) is 6.82. The molecule has 0 aliphatic carbocycles. The highest BCUT2D eigenvalue weighted by atomic mass is 16.6. The second-order valence-electron chi connectivity index (χ2n) is 10.5. The predicted molar refractivity (Wildman–Crippen MR) is 117 cm³/mol. The molecule has 1 unspecified atom stereocenters. The topological polar surface area (TPSA) is 127 Å². The predicted octanol–water partition coefficient (Wildman–Crippen LogP) is 0.560. The standard InChI is InChI=1S/C23H28N4O7/c1-22(2,3)34-21(32)25-11-23(12-25)8-13(10-33-23)26-7-6-14-15(20(26)31)9-27(19(14)30)16-4-5-17(28)24-18(16)29/h6-7,13,16H,4-5,8-12H2,1-3H3,(H,24,28,29)/t13-,16?/m1/s1. The molecule has 0 saturated carbocycles. The lowest BCUT2D eigenvalue weighted by Crippen LogP contribution is -2.63. The zero-order valence-electron chi connectivity index (χ0n) is 19.5. The van der Waals surface area contributed by atoms with Crippen molar-refractivity contribution in [3.05, 3.63) is 33.7 Å². The van der Waals surface area contributed by atoms with E-state index in [0.717, 1.165) is 0 Å². The van der Waals surface area contributed by atoms with Crippen LogP contribution in [0.5, 0.6) is 0 Å². The SMILES string of the molecule is CC(C)(C)OC(=O)N1CC2(C[C@@H](n3ccc4c(c3=O)CN(C3CCC(=O)NC3=O)C4=O)CO2)C1. The molecule has 4 aliphatic heterocycles. The number of nitrogens with one attached hydrogen (secondary N) is 1. The van der Waals surface area contributed by atoms with Crippen molar-refractivity contribution in [3.8, 4) is 0 Å². The summed E-state index contributed by atoms with van der Waals surface area (Å²) in [6.07, 6.45) is 2.18. The number of carbonyl (C=O) groups excluding carboxylic acids is 4. The number of fused-ring (bicyclic) bond motifs is 1. The fourth-order valence-electron chi connectivity index (χ4n) is 5.19. The highest BCUT2D eigenvalue weighted by molar-refractivity contribution is 6.05. The lowest BCUT2D eigenvalue weighted by molar-refractivity contribution is -0.136. The number of piperidine rings is 1. The van der Waals surface area contributed by atoms with Crippen molar-refractivity contribution in [3.63, 3.8) is 0 Å². The minimum absolute atomic E-state index is 0.0330. The van der Waals surface area contributed by atoms with Crippen molar-refractivity contribution in [2.75, 3.05) is 19.7 Å². The number of pyridine rings is 1. The van der Waals surface area contributed by atoms with Crippen LogP contribution in [0.1, 0.15) is 62.0 Å². The molecule has 1 N–H and O–H groups in total. The number of likely N-dealkylation sites (tertiary alicyclic amines) is 1. The number of amides is 4. The summed E-state index contributed by atoms with van der Waals surface area (Å²) in [6.45, 7) is 6.61. The molecule has 5 heterocycles. The Kier molecular flexibility index (Phi) is 5.08. The van der Waals surface area contributed by atoms with E-state index in [1.807, 2.05) is 20.8 Å². The van der Waals surface area contributed by atoms with Gasteiger partial charge < -0.3 is 23.8 Å². The Morgan fingerprint density at radius 1 is 1.21 bits per heavy atom. The van der Waals surface area contributed by atoms with E-state index in [2.05, 4.69) is 5.32 Å². The van der Waals surface area contributed by atoms with Gasteiger partial charge in [-0.2, -0.15) is 0 Å². The minimum atomic E-state index is -0.766. The van der Waals surface area contributed by atoms with Gasteiger partial charge in [0.1, 0.15) is 17.2 Å². The fraction of sp³-hybridized carbons (Fsp3) is 0.609. The van der Waals surface area contributed by atoms with Crippen LogP contribution >= 0.6 is 0 Å². The smallest absolute Gasteiger partial charge is 0.410 e. The van der Waals surface area contributed by atoms with Gasteiger partial charge in [-0.3, -0.25) is 24.5 Å². The van der Waals surface area contributed by atoms with Crippen molar-refractivity contribution >= 4 is 23.8 Å². The molecule has 4 aliphatic rings. The Hall–Kier alpha value is -3.21. The van der Waals surface area contributed by atoms with Crippen molar-refractivity contribution in [1.29, 1.82) is 0 Å². The molecule has 1 aromatic rings. The minimum Gasteiger partial charge on any atom is -0.444 e. The summed E-state index contributed by atoms with van der Waals surface area (Å²) in [4.78, 5) is 65.1. The second kappa shape index (κ2) is 7.66. The van der Waals surface area contributed by atoms with Crippen LogP contribution in [0.15, 0.2) is 17.1 Å². The molecule has 0 bridgehead atoms. The van der Waals surface area contributed by atoms with E-state index in [-0.39, 0.29) is 48.9 Å². The molecule has 3 fully saturated rings. The molecule has 1 aromatic heterocycles. The monoisotopic (exact) mass is 472 g/mol. The van der Waals surface area contributed by atoms with Gasteiger partial charge in [-0.15, -0.1) is 0 Å². The van der Waals surface area contributed by atoms with Crippen LogP contribution < -0.4 is 10.9 Å². The van der Waals surface area contributed by atoms with Crippen LogP contribution in [-0.4, -0.2) is 75.1 Å². The number of hydrogen-bond donors (Lipinski definition) is 1. The molecule has 0 radical (unpaired) electrons. The largest absolute Gasteiger partial charge is 0.444 e. The molecule has 5 rings (SSSR count). The average molecular weight is 472 g/mol. The van der Waals surface area contributed by atoms with Crippen molar-refractivity contribution < 1.29 is 28.7 Å². The van der Waals surface area contributed by atoms with Gasteiger partial charge in [0.15, 0.2) is 0 Å². The van der Waals surface area contributed by atoms with E-state index >= 15 is 0 Å². The van der Waals surface area contributed by atoms with E-state index < -0.39 is 23.2 Å². The zero-order valence-corrected chi connectivity index (χ0v) is 19.5. The zero-order chi connectivity index (χ0) is 24.4. The summed E-state index contributed by atoms with van der Waals surface area (Å²) in [5.74, 6) is -1.24. The molecule has 1 spiro atoms. The lowest BCUT2D eigenvalue weighted by Gasteiger charge is -2.46. The van der Waals surface area contributed by atoms with Gasteiger partial charge in [0, 0.05) is 24.6 Å². The number of ether oxygens (including phenoxy) is 2. The van der Waals surface area contributed by atoms with Crippen molar-refractivity contribution in [2.24, 2.45) is 0 Å². The van der Waals surface area contributed by atoms with Crippen LogP contribution in [0, 0.1) is 0 Å². The van der Waals surface area contributed by atoms with Gasteiger partial charge in [0.2, 0.25) is 11.8 Å². The molecular formula is C23H28N4O7. The van der Waals surface area contributed by atoms with E-state index in [4.69, 9.17) is 9.47 Å². The third-order valence-electron chi connectivity index (χ3n) is 6.82. The molecule has 11 nitrogen and oxygen atoms in total. The lowest BCUT2D eigenvalue weighted by atomic mass is 9.89. The molecule has 11 heteroatoms. The van der Waals surface area contributed by atoms with Crippen LogP contribution in [0.25, 0.3) is 0 Å². The highest BCUT2D eigenvalue weighted by Crippen LogP contribution is 2.40. The van der Waals surface area contributed by atoms with Gasteiger partial charge in [0.05, 0.1) is 37.8 Å². The Morgan fingerprint density at radius 2 is 1.94 bits per heavy atom. The van der Waals surface area contributed by atoms with Gasteiger partial charge in [-0.25, -0.2) is 4.79 Å². The third kappa shape index (κ3) is 3.77. The number of aromatic nitrogens is 1. The first-order valence-electron chi connectivity index (χ1n) is 11.5. The van der Waals surface area contributed by atoms with Gasteiger partial charge in [0.25, 0.3) is 11.5 Å². The van der Waals surface area contributed by atoms with Crippen molar-refractivity contribution in [1.82, 2.24) is 19.7 Å². The normalized spacial score (nSPS) is 25.9. The van der Waals surface area contributed by atoms with E-state index in [0.29, 0.717) is 37.2 Å². The van der Waals surface area contributed by atoms with Crippen LogP contribution in [0.4, 0.5) is 4.79 Å². The Bertz CT molecular complexity index is 1140. The molecule has 4 amide bonds. The number of nitrogens with zero attached hydrogens (tertiary/aromatic N) is 3. The van der Waals surface area contributed by atoms with Crippen LogP contribution in [-0.2, 0) is 25.6 Å². The van der Waals surface area contributed by atoms with Gasteiger partial charge in [-0.05, 0) is 33.3 Å². The summed E-state index contributed by atoms with van der Waals surface area (Å²) in [5.41, 5.74) is -0.722. The molecule has 2 atom stereocenters. The maximum atomic E-state index is 13.3. The van der Waals surface area contributed by atoms with E-state index in [1.165, 1.54) is 4.90 Å². The summed E-state index contributed by atoms with van der Waals surface area (Å²) in [7, 11) is 0. The maximum absolute atomic E-state index is 13.3. The quantitative estimate of drug-likeness (QED) is 0.623. The molecule has 0 aromatic carbocycles. The van der Waals surface area contributed by atoms with Crippen molar-refractivity contribution in [2.45, 2.75) is 69.9 Å². The second-order valence-corrected chi connectivity index (χ2v) is 10.5. The Balaban J connectivity index is 1.28. The molecular weight excluding hydrogens is 444 g/mol. The fourth-order valence-corrected chi connectivity index (χ4v) is 5.19. The van der Waals surface area contributed by atoms with Crippen LogP contribution in [0.3, 0.4) is 0 Å². The average Bonchev–Trinajstić information content (AvgIpc) is 3.29. The number of hydrogen-bond acceptors (Lipinski definition) is 7. The highest BCUT2D eigenvalue weighted by Gasteiger charge is 2.53. The summed E-state index contributed by atoms with van der Waals surface area (Å²) in [6, 6.07) is 0.625. The maximum Gasteiger partial charge on any atom is 0.410 e. The Morgan fingerprint density at radius 3 is 2.62 bits per heavy atom. The van der Waals surface area contributed by atoms with Crippen LogP contribution in [0.2, 0.25) is 0 Å².